The van der Waals surface area contributed by atoms with Gasteiger partial charge in [0.2, 0.25) is 0 Å². The molecule has 2 aromatic heterocycles. The Labute approximate surface area is 235 Å². The fourth-order valence-corrected chi connectivity index (χ4v) is 7.67. The van der Waals surface area contributed by atoms with Crippen LogP contribution in [0.3, 0.4) is 0 Å². The summed E-state index contributed by atoms with van der Waals surface area (Å²) in [5, 5.41) is 10.3. The van der Waals surface area contributed by atoms with Crippen LogP contribution < -0.4 is 0 Å². The Balaban J connectivity index is 1.35. The van der Waals surface area contributed by atoms with Gasteiger partial charge in [0.15, 0.2) is 0 Å². The molecule has 9 aromatic rings. The fourth-order valence-electron chi connectivity index (χ4n) is 6.58. The van der Waals surface area contributed by atoms with Gasteiger partial charge in [-0.25, -0.2) is 0 Å². The smallest absolute Gasteiger partial charge is 0.0541 e. The van der Waals surface area contributed by atoms with E-state index in [2.05, 4.69) is 144 Å². The van der Waals surface area contributed by atoms with Crippen LogP contribution in [0.4, 0.5) is 0 Å². The molecule has 0 N–H and O–H groups in total. The maximum atomic E-state index is 2.43. The molecule has 40 heavy (non-hydrogen) atoms. The molecule has 0 saturated carbocycles. The molecule has 0 unspecified atom stereocenters. The second-order valence-electron chi connectivity index (χ2n) is 10.6. The Bertz CT molecular complexity index is 2390. The van der Waals surface area contributed by atoms with Crippen molar-refractivity contribution in [3.05, 3.63) is 140 Å². The third-order valence-corrected chi connectivity index (χ3v) is 9.50. The average Bonchev–Trinajstić information content (AvgIpc) is 3.55. The first-order chi connectivity index (χ1) is 19.8. The predicted molar refractivity (Wildman–Crippen MR) is 174 cm³/mol. The van der Waals surface area contributed by atoms with Gasteiger partial charge in [-0.1, -0.05) is 91.0 Å². The van der Waals surface area contributed by atoms with Crippen LogP contribution in [0.2, 0.25) is 0 Å². The molecule has 0 aliphatic carbocycles. The van der Waals surface area contributed by atoms with Crippen molar-refractivity contribution in [3.8, 4) is 16.8 Å². The zero-order valence-electron chi connectivity index (χ0n) is 21.6. The van der Waals surface area contributed by atoms with Gasteiger partial charge < -0.3 is 4.57 Å². The molecule has 0 atom stereocenters. The van der Waals surface area contributed by atoms with Gasteiger partial charge in [-0.05, 0) is 81.2 Å². The van der Waals surface area contributed by atoms with Crippen LogP contribution >= 0.6 is 11.3 Å². The SMILES string of the molecule is c1ccc2c(-c3ccc4c(c3)c3ccccc3n4-c3ccc4sc5ccccc5c4c3)c3ccccc3cc2c1. The van der Waals surface area contributed by atoms with Crippen LogP contribution in [0.5, 0.6) is 0 Å². The maximum Gasteiger partial charge on any atom is 0.0541 e. The average molecular weight is 526 g/mol. The Kier molecular flexibility index (Phi) is 4.55. The van der Waals surface area contributed by atoms with Gasteiger partial charge in [0, 0.05) is 36.6 Å². The molecule has 7 aromatic carbocycles. The van der Waals surface area contributed by atoms with Crippen molar-refractivity contribution in [1.82, 2.24) is 4.57 Å². The van der Waals surface area contributed by atoms with Crippen LogP contribution in [0.1, 0.15) is 0 Å². The highest BCUT2D eigenvalue weighted by Gasteiger charge is 2.16. The van der Waals surface area contributed by atoms with E-state index >= 15 is 0 Å². The third-order valence-electron chi connectivity index (χ3n) is 8.35. The van der Waals surface area contributed by atoms with E-state index in [1.807, 2.05) is 11.3 Å². The first-order valence-corrected chi connectivity index (χ1v) is 14.5. The van der Waals surface area contributed by atoms with Crippen LogP contribution in [0.25, 0.3) is 80.3 Å². The van der Waals surface area contributed by atoms with Crippen molar-refractivity contribution in [2.45, 2.75) is 0 Å². The molecule has 9 rings (SSSR count). The summed E-state index contributed by atoms with van der Waals surface area (Å²) in [7, 11) is 0. The van der Waals surface area contributed by atoms with Crippen molar-refractivity contribution < 1.29 is 0 Å². The van der Waals surface area contributed by atoms with Crippen molar-refractivity contribution in [2.75, 3.05) is 0 Å². The number of nitrogens with zero attached hydrogens (tertiary/aromatic N) is 1. The highest BCUT2D eigenvalue weighted by molar-refractivity contribution is 7.25. The summed E-state index contributed by atoms with van der Waals surface area (Å²) in [5.74, 6) is 0. The van der Waals surface area contributed by atoms with Crippen molar-refractivity contribution in [3.63, 3.8) is 0 Å². The molecule has 0 aliphatic heterocycles. The highest BCUT2D eigenvalue weighted by atomic mass is 32.1. The van der Waals surface area contributed by atoms with Gasteiger partial charge in [0.25, 0.3) is 0 Å². The summed E-state index contributed by atoms with van der Waals surface area (Å²) in [6.07, 6.45) is 0. The Morgan fingerprint density at radius 3 is 1.82 bits per heavy atom. The van der Waals surface area contributed by atoms with Crippen molar-refractivity contribution >= 4 is 74.9 Å². The molecule has 1 nitrogen and oxygen atoms in total. The summed E-state index contributed by atoms with van der Waals surface area (Å²) in [5.41, 5.74) is 6.22. The first kappa shape index (κ1) is 22.0. The molecular formula is C38H23NS. The predicted octanol–water partition coefficient (Wildman–Crippen LogP) is 11.1. The molecule has 0 radical (unpaired) electrons. The minimum Gasteiger partial charge on any atom is -0.309 e. The van der Waals surface area contributed by atoms with E-state index in [-0.39, 0.29) is 0 Å². The van der Waals surface area contributed by atoms with Gasteiger partial charge in [0.05, 0.1) is 11.0 Å². The summed E-state index contributed by atoms with van der Waals surface area (Å²) in [6, 6.07) is 51.3. The molecule has 186 valence electrons. The normalized spacial score (nSPS) is 12.0. The van der Waals surface area contributed by atoms with E-state index in [0.717, 1.165) is 0 Å². The standard InChI is InChI=1S/C38H23NS/c1-3-11-28-24(9-1)21-25-10-2-4-12-29(25)38(28)26-17-19-35-32(22-26)30-13-5-7-15-34(30)39(35)27-18-20-37-33(23-27)31-14-6-8-16-36(31)40-37/h1-23H. The second kappa shape index (κ2) is 8.29. The van der Waals surface area contributed by atoms with E-state index in [0.29, 0.717) is 0 Å². The molecule has 0 bridgehead atoms. The van der Waals surface area contributed by atoms with Gasteiger partial charge in [-0.15, -0.1) is 11.3 Å². The number of rotatable bonds is 2. The van der Waals surface area contributed by atoms with Crippen LogP contribution in [0.15, 0.2) is 140 Å². The summed E-state index contributed by atoms with van der Waals surface area (Å²) in [4.78, 5) is 0. The summed E-state index contributed by atoms with van der Waals surface area (Å²) in [6.45, 7) is 0. The molecule has 2 heterocycles. The lowest BCUT2D eigenvalue weighted by Gasteiger charge is -2.13. The monoisotopic (exact) mass is 525 g/mol. The van der Waals surface area contributed by atoms with Crippen LogP contribution in [0, 0.1) is 0 Å². The van der Waals surface area contributed by atoms with Crippen LogP contribution in [-0.2, 0) is 0 Å². The number of para-hydroxylation sites is 1. The lowest BCUT2D eigenvalue weighted by Crippen LogP contribution is -1.93. The van der Waals surface area contributed by atoms with Gasteiger partial charge in [-0.2, -0.15) is 0 Å². The maximum absolute atomic E-state index is 2.43. The molecule has 0 aliphatic rings. The summed E-state index contributed by atoms with van der Waals surface area (Å²) >= 11 is 1.87. The number of fused-ring (bicyclic) bond motifs is 8. The number of benzene rings is 7. The van der Waals surface area contributed by atoms with Crippen molar-refractivity contribution in [2.24, 2.45) is 0 Å². The topological polar surface area (TPSA) is 4.93 Å². The number of thiophene rings is 1. The zero-order valence-corrected chi connectivity index (χ0v) is 22.5. The fraction of sp³-hybridized carbons (Fsp3) is 0. The number of hydrogen-bond acceptors (Lipinski definition) is 1. The van der Waals surface area contributed by atoms with E-state index in [4.69, 9.17) is 0 Å². The number of hydrogen-bond donors (Lipinski definition) is 0. The second-order valence-corrected chi connectivity index (χ2v) is 11.6. The Morgan fingerprint density at radius 1 is 0.400 bits per heavy atom. The molecule has 0 spiro atoms. The molecule has 0 saturated heterocycles. The van der Waals surface area contributed by atoms with Crippen LogP contribution in [-0.4, -0.2) is 4.57 Å². The molecular weight excluding hydrogens is 502 g/mol. The third kappa shape index (κ3) is 3.08. The minimum absolute atomic E-state index is 1.20. The molecule has 0 fully saturated rings. The Morgan fingerprint density at radius 2 is 1.02 bits per heavy atom. The van der Waals surface area contributed by atoms with E-state index in [1.54, 1.807) is 0 Å². The van der Waals surface area contributed by atoms with E-state index < -0.39 is 0 Å². The first-order valence-electron chi connectivity index (χ1n) is 13.7. The lowest BCUT2D eigenvalue weighted by molar-refractivity contribution is 1.19. The van der Waals surface area contributed by atoms with Gasteiger partial charge in [-0.3, -0.25) is 0 Å². The van der Waals surface area contributed by atoms with Gasteiger partial charge in [0.1, 0.15) is 0 Å². The lowest BCUT2D eigenvalue weighted by atomic mass is 9.91. The van der Waals surface area contributed by atoms with Crippen molar-refractivity contribution in [1.29, 1.82) is 0 Å². The number of aromatic nitrogens is 1. The minimum atomic E-state index is 1.20. The summed E-state index contributed by atoms with van der Waals surface area (Å²) < 4.78 is 5.10. The van der Waals surface area contributed by atoms with E-state index in [9.17, 15) is 0 Å². The molecule has 0 amide bonds. The molecule has 2 heteroatoms. The largest absolute Gasteiger partial charge is 0.309 e. The quantitative estimate of drug-likeness (QED) is 0.198. The Hall–Kier alpha value is -4.92. The van der Waals surface area contributed by atoms with Gasteiger partial charge >= 0.3 is 0 Å². The zero-order chi connectivity index (χ0) is 26.2. The highest BCUT2D eigenvalue weighted by Crippen LogP contribution is 2.41. The van der Waals surface area contributed by atoms with E-state index in [1.165, 1.54) is 80.3 Å².